The van der Waals surface area contributed by atoms with E-state index in [0.29, 0.717) is 12.6 Å². The largest absolute Gasteiger partial charge is 0.369 e. The lowest BCUT2D eigenvalue weighted by atomic mass is 10.3. The van der Waals surface area contributed by atoms with Crippen molar-refractivity contribution in [2.75, 3.05) is 27.2 Å². The van der Waals surface area contributed by atoms with E-state index in [1.807, 2.05) is 27.9 Å². The van der Waals surface area contributed by atoms with Crippen molar-refractivity contribution < 1.29 is 9.53 Å². The maximum atomic E-state index is 11.2. The van der Waals surface area contributed by atoms with Crippen molar-refractivity contribution in [1.82, 2.24) is 10.2 Å². The van der Waals surface area contributed by atoms with Crippen molar-refractivity contribution in [1.29, 1.82) is 0 Å². The van der Waals surface area contributed by atoms with E-state index < -0.39 is 0 Å². The number of carbonyl (C=O) groups excluding carboxylic acids is 1. The molecular formula is C10H22N2O2. The summed E-state index contributed by atoms with van der Waals surface area (Å²) in [5.41, 5.74) is 0. The molecule has 0 rings (SSSR count). The van der Waals surface area contributed by atoms with Gasteiger partial charge < -0.3 is 15.0 Å². The minimum Gasteiger partial charge on any atom is -0.369 e. The highest BCUT2D eigenvalue weighted by Crippen LogP contribution is 1.89. The van der Waals surface area contributed by atoms with E-state index in [9.17, 15) is 4.79 Å². The van der Waals surface area contributed by atoms with Crippen LogP contribution in [0.4, 0.5) is 0 Å². The van der Waals surface area contributed by atoms with Crippen LogP contribution in [0, 0.1) is 0 Å². The van der Waals surface area contributed by atoms with E-state index in [1.54, 1.807) is 0 Å². The van der Waals surface area contributed by atoms with Gasteiger partial charge in [-0.3, -0.25) is 4.79 Å². The average Bonchev–Trinajstić information content (AvgIpc) is 2.10. The Morgan fingerprint density at radius 2 is 1.93 bits per heavy atom. The highest BCUT2D eigenvalue weighted by molar-refractivity contribution is 5.77. The van der Waals surface area contributed by atoms with E-state index in [2.05, 4.69) is 17.1 Å². The standard InChI is InChI=1S/C10H22N2O2/c1-8(2)14-7-10(13)11-6-9(3)12(4)5/h8-9H,6-7H2,1-5H3,(H,11,13). The summed E-state index contributed by atoms with van der Waals surface area (Å²) >= 11 is 0. The van der Waals surface area contributed by atoms with Gasteiger partial charge in [0.15, 0.2) is 0 Å². The smallest absolute Gasteiger partial charge is 0.246 e. The van der Waals surface area contributed by atoms with Crippen molar-refractivity contribution in [3.8, 4) is 0 Å². The van der Waals surface area contributed by atoms with Crippen molar-refractivity contribution >= 4 is 5.91 Å². The molecule has 0 heterocycles. The molecule has 4 heteroatoms. The first-order valence-electron chi connectivity index (χ1n) is 4.98. The Morgan fingerprint density at radius 1 is 1.36 bits per heavy atom. The fourth-order valence-electron chi connectivity index (χ4n) is 0.738. The van der Waals surface area contributed by atoms with Gasteiger partial charge in [0.1, 0.15) is 6.61 Å². The number of likely N-dealkylation sites (N-methyl/N-ethyl adjacent to an activating group) is 1. The molecule has 84 valence electrons. The summed E-state index contributed by atoms with van der Waals surface area (Å²) in [6, 6.07) is 0.345. The lowest BCUT2D eigenvalue weighted by Gasteiger charge is -2.20. The minimum absolute atomic E-state index is 0.0487. The highest BCUT2D eigenvalue weighted by Gasteiger charge is 2.07. The third-order valence-electron chi connectivity index (χ3n) is 2.02. The van der Waals surface area contributed by atoms with Crippen LogP contribution in [-0.4, -0.2) is 50.2 Å². The van der Waals surface area contributed by atoms with Gasteiger partial charge >= 0.3 is 0 Å². The van der Waals surface area contributed by atoms with Crippen LogP contribution in [0.5, 0.6) is 0 Å². The summed E-state index contributed by atoms with van der Waals surface area (Å²) in [5, 5.41) is 2.81. The highest BCUT2D eigenvalue weighted by atomic mass is 16.5. The first kappa shape index (κ1) is 13.4. The molecule has 0 spiro atoms. The topological polar surface area (TPSA) is 41.6 Å². The second-order valence-corrected chi connectivity index (χ2v) is 3.98. The molecule has 0 saturated heterocycles. The zero-order valence-corrected chi connectivity index (χ0v) is 9.83. The van der Waals surface area contributed by atoms with Gasteiger partial charge in [0.25, 0.3) is 0 Å². The number of ether oxygens (including phenoxy) is 1. The summed E-state index contributed by atoms with van der Waals surface area (Å²) in [6.07, 6.45) is 0.104. The number of nitrogens with one attached hydrogen (secondary N) is 1. The Labute approximate surface area is 86.6 Å². The van der Waals surface area contributed by atoms with Crippen LogP contribution in [0.25, 0.3) is 0 Å². The maximum absolute atomic E-state index is 11.2. The molecule has 0 radical (unpaired) electrons. The molecular weight excluding hydrogens is 180 g/mol. The van der Waals surface area contributed by atoms with Gasteiger partial charge in [-0.05, 0) is 34.9 Å². The number of hydrogen-bond donors (Lipinski definition) is 1. The Balaban J connectivity index is 3.54. The molecule has 14 heavy (non-hydrogen) atoms. The zero-order valence-electron chi connectivity index (χ0n) is 9.83. The van der Waals surface area contributed by atoms with E-state index in [1.165, 1.54) is 0 Å². The summed E-state index contributed by atoms with van der Waals surface area (Å²) in [5.74, 6) is -0.0487. The van der Waals surface area contributed by atoms with Crippen LogP contribution in [0.2, 0.25) is 0 Å². The van der Waals surface area contributed by atoms with Gasteiger partial charge in [-0.1, -0.05) is 0 Å². The van der Waals surface area contributed by atoms with E-state index in [0.717, 1.165) is 0 Å². The normalized spacial score (nSPS) is 13.4. The van der Waals surface area contributed by atoms with E-state index in [4.69, 9.17) is 4.74 Å². The van der Waals surface area contributed by atoms with Crippen LogP contribution < -0.4 is 5.32 Å². The van der Waals surface area contributed by atoms with Gasteiger partial charge in [0.05, 0.1) is 6.10 Å². The first-order chi connectivity index (χ1) is 6.43. The number of nitrogens with zero attached hydrogens (tertiary/aromatic N) is 1. The lowest BCUT2D eigenvalue weighted by molar-refractivity contribution is -0.127. The summed E-state index contributed by atoms with van der Waals surface area (Å²) in [4.78, 5) is 13.3. The van der Waals surface area contributed by atoms with Crippen molar-refractivity contribution in [3.63, 3.8) is 0 Å². The van der Waals surface area contributed by atoms with Gasteiger partial charge in [0.2, 0.25) is 5.91 Å². The number of hydrogen-bond acceptors (Lipinski definition) is 3. The minimum atomic E-state index is -0.0487. The van der Waals surface area contributed by atoms with Crippen LogP contribution in [-0.2, 0) is 9.53 Å². The van der Waals surface area contributed by atoms with Gasteiger partial charge in [-0.15, -0.1) is 0 Å². The molecule has 1 unspecified atom stereocenters. The van der Waals surface area contributed by atoms with Gasteiger partial charge in [-0.25, -0.2) is 0 Å². The molecule has 4 nitrogen and oxygen atoms in total. The third kappa shape index (κ3) is 6.86. The SMILES string of the molecule is CC(C)OCC(=O)NCC(C)N(C)C. The molecule has 1 atom stereocenters. The Bertz CT molecular complexity index is 170. The monoisotopic (exact) mass is 202 g/mol. The summed E-state index contributed by atoms with van der Waals surface area (Å²) in [7, 11) is 3.98. The molecule has 1 N–H and O–H groups in total. The summed E-state index contributed by atoms with van der Waals surface area (Å²) < 4.78 is 5.17. The quantitative estimate of drug-likeness (QED) is 0.681. The van der Waals surface area contributed by atoms with Crippen LogP contribution in [0.3, 0.4) is 0 Å². The molecule has 0 aliphatic heterocycles. The molecule has 0 bridgehead atoms. The molecule has 0 aliphatic carbocycles. The van der Waals surface area contributed by atoms with E-state index >= 15 is 0 Å². The molecule has 0 saturated carbocycles. The molecule has 0 aliphatic rings. The van der Waals surface area contributed by atoms with Crippen LogP contribution in [0.15, 0.2) is 0 Å². The zero-order chi connectivity index (χ0) is 11.1. The van der Waals surface area contributed by atoms with Crippen molar-refractivity contribution in [2.24, 2.45) is 0 Å². The average molecular weight is 202 g/mol. The number of amides is 1. The number of rotatable bonds is 6. The van der Waals surface area contributed by atoms with Crippen molar-refractivity contribution in [3.05, 3.63) is 0 Å². The fourth-order valence-corrected chi connectivity index (χ4v) is 0.738. The van der Waals surface area contributed by atoms with Gasteiger partial charge in [0, 0.05) is 12.6 Å². The predicted octanol–water partition coefficient (Wildman–Crippen LogP) is 0.478. The van der Waals surface area contributed by atoms with Crippen LogP contribution in [0.1, 0.15) is 20.8 Å². The summed E-state index contributed by atoms with van der Waals surface area (Å²) in [6.45, 7) is 6.69. The van der Waals surface area contributed by atoms with Crippen molar-refractivity contribution in [2.45, 2.75) is 32.9 Å². The predicted molar refractivity (Wildman–Crippen MR) is 57.2 cm³/mol. The van der Waals surface area contributed by atoms with E-state index in [-0.39, 0.29) is 18.6 Å². The molecule has 0 aromatic heterocycles. The van der Waals surface area contributed by atoms with Gasteiger partial charge in [-0.2, -0.15) is 0 Å². The first-order valence-corrected chi connectivity index (χ1v) is 4.98. The Morgan fingerprint density at radius 3 is 2.36 bits per heavy atom. The molecule has 1 amide bonds. The second kappa shape index (κ2) is 6.79. The second-order valence-electron chi connectivity index (χ2n) is 3.98. The molecule has 0 aromatic carbocycles. The third-order valence-corrected chi connectivity index (χ3v) is 2.02. The maximum Gasteiger partial charge on any atom is 0.246 e. The lowest BCUT2D eigenvalue weighted by Crippen LogP contribution is -2.39. The molecule has 0 fully saturated rings. The van der Waals surface area contributed by atoms with Crippen LogP contribution >= 0.6 is 0 Å². The number of carbonyl (C=O) groups is 1. The Hall–Kier alpha value is -0.610. The fraction of sp³-hybridized carbons (Fsp3) is 0.900. The Kier molecular flexibility index (Phi) is 6.49. The molecule has 0 aromatic rings.